The number of carbonyl (C=O) groups excluding carboxylic acids is 1. The molecule has 1 N–H and O–H groups in total. The zero-order valence-corrected chi connectivity index (χ0v) is 14.1. The molecule has 0 spiro atoms. The quantitative estimate of drug-likeness (QED) is 0.929. The van der Waals surface area contributed by atoms with Gasteiger partial charge in [0.25, 0.3) is 0 Å². The molecule has 2 amide bonds. The van der Waals surface area contributed by atoms with Gasteiger partial charge in [-0.3, -0.25) is 0 Å². The summed E-state index contributed by atoms with van der Waals surface area (Å²) >= 11 is 0. The van der Waals surface area contributed by atoms with Gasteiger partial charge in [0.1, 0.15) is 11.9 Å². The fourth-order valence-electron chi connectivity index (χ4n) is 3.52. The van der Waals surface area contributed by atoms with Crippen LogP contribution in [0.4, 0.5) is 10.5 Å². The first kappa shape index (κ1) is 16.0. The van der Waals surface area contributed by atoms with E-state index in [4.69, 9.17) is 4.74 Å². The molecule has 126 valence electrons. The summed E-state index contributed by atoms with van der Waals surface area (Å²) in [4.78, 5) is 16.4. The number of para-hydroxylation sites is 2. The third kappa shape index (κ3) is 3.71. The molecule has 1 fully saturated rings. The summed E-state index contributed by atoms with van der Waals surface area (Å²) in [6, 6.07) is 8.49. The summed E-state index contributed by atoms with van der Waals surface area (Å²) in [5.41, 5.74) is 1.14. The molecule has 1 unspecified atom stereocenters. The highest BCUT2D eigenvalue weighted by molar-refractivity contribution is 5.74. The molecule has 23 heavy (non-hydrogen) atoms. The number of nitrogens with zero attached hydrogens (tertiary/aromatic N) is 2. The van der Waals surface area contributed by atoms with Gasteiger partial charge in [-0.1, -0.05) is 25.0 Å². The van der Waals surface area contributed by atoms with Crippen LogP contribution in [0.3, 0.4) is 0 Å². The average Bonchev–Trinajstić information content (AvgIpc) is 3.07. The number of nitrogens with one attached hydrogen (secondary N) is 1. The standard InChI is InChI=1S/C18H27N3O2/c1-3-21-13-15(23-17-11-7-6-10-16(17)21)12-20(2)18(22)19-14-8-4-5-9-14/h6-7,10-11,14-15H,3-5,8-9,12-13H2,1-2H3,(H,19,22). The van der Waals surface area contributed by atoms with Gasteiger partial charge in [0.05, 0.1) is 18.8 Å². The summed E-state index contributed by atoms with van der Waals surface area (Å²) < 4.78 is 6.09. The van der Waals surface area contributed by atoms with Crippen LogP contribution in [0.5, 0.6) is 5.75 Å². The van der Waals surface area contributed by atoms with Crippen LogP contribution in [-0.4, -0.2) is 49.8 Å². The van der Waals surface area contributed by atoms with Gasteiger partial charge in [0, 0.05) is 19.6 Å². The maximum atomic E-state index is 12.3. The normalized spacial score (nSPS) is 20.8. The van der Waals surface area contributed by atoms with Gasteiger partial charge in [0.2, 0.25) is 0 Å². The Kier molecular flexibility index (Phi) is 4.94. The minimum Gasteiger partial charge on any atom is -0.485 e. The fraction of sp³-hybridized carbons (Fsp3) is 0.611. The summed E-state index contributed by atoms with van der Waals surface area (Å²) in [6.45, 7) is 4.50. The van der Waals surface area contributed by atoms with Crippen LogP contribution >= 0.6 is 0 Å². The smallest absolute Gasteiger partial charge is 0.317 e. The number of benzene rings is 1. The molecular weight excluding hydrogens is 290 g/mol. The van der Waals surface area contributed by atoms with E-state index in [2.05, 4.69) is 23.2 Å². The lowest BCUT2D eigenvalue weighted by molar-refractivity contribution is 0.143. The van der Waals surface area contributed by atoms with Gasteiger partial charge in [0.15, 0.2) is 0 Å². The Morgan fingerprint density at radius 1 is 1.35 bits per heavy atom. The lowest BCUT2D eigenvalue weighted by Crippen LogP contribution is -2.50. The highest BCUT2D eigenvalue weighted by Gasteiger charge is 2.27. The molecule has 0 saturated heterocycles. The van der Waals surface area contributed by atoms with Gasteiger partial charge < -0.3 is 19.9 Å². The second-order valence-corrected chi connectivity index (χ2v) is 6.56. The minimum absolute atomic E-state index is 0.00387. The van der Waals surface area contributed by atoms with Crippen LogP contribution in [-0.2, 0) is 0 Å². The molecular formula is C18H27N3O2. The molecule has 1 aromatic carbocycles. The van der Waals surface area contributed by atoms with Crippen molar-refractivity contribution in [2.45, 2.75) is 44.8 Å². The van der Waals surface area contributed by atoms with E-state index >= 15 is 0 Å². The van der Waals surface area contributed by atoms with Crippen molar-refractivity contribution >= 4 is 11.7 Å². The van der Waals surface area contributed by atoms with E-state index in [9.17, 15) is 4.79 Å². The van der Waals surface area contributed by atoms with Gasteiger partial charge in [-0.25, -0.2) is 4.79 Å². The maximum Gasteiger partial charge on any atom is 0.317 e. The number of carbonyl (C=O) groups is 1. The van der Waals surface area contributed by atoms with Gasteiger partial charge in [-0.05, 0) is 31.9 Å². The molecule has 1 heterocycles. The van der Waals surface area contributed by atoms with Crippen molar-refractivity contribution in [2.24, 2.45) is 0 Å². The Labute approximate surface area is 138 Å². The Morgan fingerprint density at radius 2 is 2.09 bits per heavy atom. The highest BCUT2D eigenvalue weighted by atomic mass is 16.5. The molecule has 5 nitrogen and oxygen atoms in total. The zero-order chi connectivity index (χ0) is 16.2. The number of urea groups is 1. The average molecular weight is 317 g/mol. The Balaban J connectivity index is 1.58. The minimum atomic E-state index is 0.00387. The van der Waals surface area contributed by atoms with Crippen molar-refractivity contribution < 1.29 is 9.53 Å². The summed E-state index contributed by atoms with van der Waals surface area (Å²) in [7, 11) is 1.85. The number of hydrogen-bond donors (Lipinski definition) is 1. The molecule has 2 aliphatic rings. The molecule has 0 aromatic heterocycles. The fourth-order valence-corrected chi connectivity index (χ4v) is 3.52. The Morgan fingerprint density at radius 3 is 2.83 bits per heavy atom. The molecule has 1 aliphatic heterocycles. The van der Waals surface area contributed by atoms with Crippen molar-refractivity contribution in [3.05, 3.63) is 24.3 Å². The first-order valence-corrected chi connectivity index (χ1v) is 8.69. The highest BCUT2D eigenvalue weighted by Crippen LogP contribution is 2.32. The molecule has 0 bridgehead atoms. The predicted molar refractivity (Wildman–Crippen MR) is 92.2 cm³/mol. The molecule has 5 heteroatoms. The number of fused-ring (bicyclic) bond motifs is 1. The van der Waals surface area contributed by atoms with E-state index in [0.717, 1.165) is 37.4 Å². The second kappa shape index (κ2) is 7.11. The Bertz CT molecular complexity index is 543. The van der Waals surface area contributed by atoms with Crippen LogP contribution in [0.1, 0.15) is 32.6 Å². The van der Waals surface area contributed by atoms with Crippen molar-refractivity contribution in [1.29, 1.82) is 0 Å². The van der Waals surface area contributed by atoms with E-state index in [1.54, 1.807) is 4.90 Å². The van der Waals surface area contributed by atoms with Crippen LogP contribution in [0.25, 0.3) is 0 Å². The number of rotatable bonds is 4. The van der Waals surface area contributed by atoms with E-state index in [-0.39, 0.29) is 12.1 Å². The van der Waals surface area contributed by atoms with Gasteiger partial charge in [-0.15, -0.1) is 0 Å². The van der Waals surface area contributed by atoms with Crippen LogP contribution in [0, 0.1) is 0 Å². The monoisotopic (exact) mass is 317 g/mol. The van der Waals surface area contributed by atoms with Crippen LogP contribution in [0.2, 0.25) is 0 Å². The number of amides is 2. The SMILES string of the molecule is CCN1CC(CN(C)C(=O)NC2CCCC2)Oc2ccccc21. The summed E-state index contributed by atoms with van der Waals surface area (Å²) in [6.07, 6.45) is 4.67. The van der Waals surface area contributed by atoms with E-state index in [1.165, 1.54) is 12.8 Å². The summed E-state index contributed by atoms with van der Waals surface area (Å²) in [5, 5.41) is 3.13. The first-order valence-electron chi connectivity index (χ1n) is 8.69. The predicted octanol–water partition coefficient (Wildman–Crippen LogP) is 2.86. The first-order chi connectivity index (χ1) is 11.2. The van der Waals surface area contributed by atoms with Gasteiger partial charge in [-0.2, -0.15) is 0 Å². The lowest BCUT2D eigenvalue weighted by atomic mass is 10.2. The molecule has 0 radical (unpaired) electrons. The van der Waals surface area contributed by atoms with E-state index in [0.29, 0.717) is 12.6 Å². The third-order valence-electron chi connectivity index (χ3n) is 4.81. The zero-order valence-electron chi connectivity index (χ0n) is 14.1. The Hall–Kier alpha value is -1.91. The van der Waals surface area contributed by atoms with Crippen LogP contribution < -0.4 is 15.0 Å². The number of anilines is 1. The number of ether oxygens (including phenoxy) is 1. The molecule has 3 rings (SSSR count). The topological polar surface area (TPSA) is 44.8 Å². The maximum absolute atomic E-state index is 12.3. The van der Waals surface area contributed by atoms with E-state index < -0.39 is 0 Å². The van der Waals surface area contributed by atoms with Crippen molar-refractivity contribution in [3.63, 3.8) is 0 Å². The summed E-state index contributed by atoms with van der Waals surface area (Å²) in [5.74, 6) is 0.912. The third-order valence-corrected chi connectivity index (χ3v) is 4.81. The second-order valence-electron chi connectivity index (χ2n) is 6.56. The largest absolute Gasteiger partial charge is 0.485 e. The van der Waals surface area contributed by atoms with Crippen LogP contribution in [0.15, 0.2) is 24.3 Å². The van der Waals surface area contributed by atoms with Crippen molar-refractivity contribution in [3.8, 4) is 5.75 Å². The van der Waals surface area contributed by atoms with E-state index in [1.807, 2.05) is 25.2 Å². The molecule has 1 atom stereocenters. The molecule has 1 aliphatic carbocycles. The van der Waals surface area contributed by atoms with Gasteiger partial charge >= 0.3 is 6.03 Å². The molecule has 1 aromatic rings. The van der Waals surface area contributed by atoms with Crippen molar-refractivity contribution in [2.75, 3.05) is 31.6 Å². The van der Waals surface area contributed by atoms with Crippen molar-refractivity contribution in [1.82, 2.24) is 10.2 Å². The number of likely N-dealkylation sites (N-methyl/N-ethyl adjacent to an activating group) is 2. The lowest BCUT2D eigenvalue weighted by Gasteiger charge is -2.37. The number of hydrogen-bond acceptors (Lipinski definition) is 3. The molecule has 1 saturated carbocycles.